The minimum absolute atomic E-state index is 0.0330. The van der Waals surface area contributed by atoms with Crippen LogP contribution in [0.4, 0.5) is 0 Å². The van der Waals surface area contributed by atoms with Crippen molar-refractivity contribution in [2.45, 2.75) is 32.4 Å². The average molecular weight is 449 g/mol. The van der Waals surface area contributed by atoms with Crippen LogP contribution in [0.5, 0.6) is 11.5 Å². The number of aromatic nitrogens is 2. The van der Waals surface area contributed by atoms with E-state index in [-0.39, 0.29) is 24.1 Å². The van der Waals surface area contributed by atoms with Crippen molar-refractivity contribution in [3.63, 3.8) is 0 Å². The van der Waals surface area contributed by atoms with E-state index < -0.39 is 0 Å². The largest absolute Gasteiger partial charge is 0.486 e. The summed E-state index contributed by atoms with van der Waals surface area (Å²) in [6.45, 7) is 5.20. The zero-order valence-corrected chi connectivity index (χ0v) is 18.8. The molecule has 1 N–H and O–H groups in total. The highest BCUT2D eigenvalue weighted by molar-refractivity contribution is 5.79. The van der Waals surface area contributed by atoms with E-state index in [1.807, 2.05) is 53.1 Å². The number of likely N-dealkylation sites (N-methyl/N-ethyl adjacent to an activating group) is 1. The van der Waals surface area contributed by atoms with Crippen LogP contribution in [-0.4, -0.2) is 58.5 Å². The molecule has 1 amide bonds. The molecule has 0 unspecified atom stereocenters. The second kappa shape index (κ2) is 9.23. The Morgan fingerprint density at radius 1 is 1.18 bits per heavy atom. The van der Waals surface area contributed by atoms with Crippen LogP contribution in [0.25, 0.3) is 10.9 Å². The molecule has 2 aliphatic heterocycles. The lowest BCUT2D eigenvalue weighted by Gasteiger charge is -2.29. The first-order valence-electron chi connectivity index (χ1n) is 11.5. The molecular weight excluding hydrogens is 420 g/mol. The summed E-state index contributed by atoms with van der Waals surface area (Å²) >= 11 is 0. The molecule has 172 valence electrons. The van der Waals surface area contributed by atoms with Gasteiger partial charge in [0.25, 0.3) is 5.56 Å². The Hall–Kier alpha value is -3.39. The number of hydrogen-bond donors (Lipinski definition) is 1. The highest BCUT2D eigenvalue weighted by Gasteiger charge is 2.31. The molecule has 1 fully saturated rings. The summed E-state index contributed by atoms with van der Waals surface area (Å²) in [7, 11) is 0. The van der Waals surface area contributed by atoms with Crippen LogP contribution < -0.4 is 15.0 Å². The van der Waals surface area contributed by atoms with Crippen molar-refractivity contribution in [1.29, 1.82) is 0 Å². The lowest BCUT2D eigenvalue weighted by molar-refractivity contribution is -0.133. The van der Waals surface area contributed by atoms with Gasteiger partial charge in [0, 0.05) is 6.54 Å². The lowest BCUT2D eigenvalue weighted by Crippen LogP contribution is -2.40. The number of likely N-dealkylation sites (tertiary alicyclic amines) is 1. The third kappa shape index (κ3) is 4.43. The molecule has 2 aliphatic rings. The van der Waals surface area contributed by atoms with Crippen molar-refractivity contribution >= 4 is 16.8 Å². The molecule has 1 atom stereocenters. The number of ether oxygens (including phenoxy) is 2. The van der Waals surface area contributed by atoms with Gasteiger partial charge in [-0.3, -0.25) is 14.5 Å². The number of hydrogen-bond acceptors (Lipinski definition) is 6. The molecular formula is C25H28N4O4. The number of para-hydroxylation sites is 1. The summed E-state index contributed by atoms with van der Waals surface area (Å²) in [5.74, 6) is 2.16. The quantitative estimate of drug-likeness (QED) is 0.624. The minimum Gasteiger partial charge on any atom is -0.486 e. The van der Waals surface area contributed by atoms with Gasteiger partial charge in [-0.1, -0.05) is 25.1 Å². The first kappa shape index (κ1) is 21.5. The number of fused-ring (bicyclic) bond motifs is 2. The molecule has 0 radical (unpaired) electrons. The molecule has 33 heavy (non-hydrogen) atoms. The van der Waals surface area contributed by atoms with Crippen LogP contribution in [0.2, 0.25) is 0 Å². The maximum Gasteiger partial charge on any atom is 0.258 e. The van der Waals surface area contributed by atoms with Crippen molar-refractivity contribution in [1.82, 2.24) is 19.8 Å². The van der Waals surface area contributed by atoms with Gasteiger partial charge in [0.15, 0.2) is 11.5 Å². The van der Waals surface area contributed by atoms with Crippen LogP contribution in [0, 0.1) is 0 Å². The van der Waals surface area contributed by atoms with Gasteiger partial charge < -0.3 is 19.4 Å². The molecule has 2 aromatic carbocycles. The van der Waals surface area contributed by atoms with E-state index in [0.29, 0.717) is 43.0 Å². The van der Waals surface area contributed by atoms with Crippen LogP contribution in [0.1, 0.15) is 37.2 Å². The van der Waals surface area contributed by atoms with E-state index in [0.717, 1.165) is 36.4 Å². The van der Waals surface area contributed by atoms with Gasteiger partial charge in [0.2, 0.25) is 5.91 Å². The Morgan fingerprint density at radius 2 is 2.00 bits per heavy atom. The summed E-state index contributed by atoms with van der Waals surface area (Å²) in [6.07, 6.45) is 1.90. The number of amides is 1. The van der Waals surface area contributed by atoms with Crippen molar-refractivity contribution in [3.05, 3.63) is 64.2 Å². The number of carbonyl (C=O) groups excluding carboxylic acids is 1. The highest BCUT2D eigenvalue weighted by atomic mass is 16.6. The molecule has 0 bridgehead atoms. The van der Waals surface area contributed by atoms with Gasteiger partial charge in [0.05, 0.1) is 30.0 Å². The normalized spacial score (nSPS) is 17.6. The van der Waals surface area contributed by atoms with Crippen molar-refractivity contribution in [2.75, 3.05) is 32.8 Å². The van der Waals surface area contributed by atoms with E-state index >= 15 is 0 Å². The smallest absolute Gasteiger partial charge is 0.258 e. The number of benzene rings is 2. The summed E-state index contributed by atoms with van der Waals surface area (Å²) in [5.41, 5.74) is 1.58. The molecule has 1 aromatic heterocycles. The van der Waals surface area contributed by atoms with Crippen LogP contribution >= 0.6 is 0 Å². The number of nitrogens with one attached hydrogen (secondary N) is 1. The summed E-state index contributed by atoms with van der Waals surface area (Å²) in [4.78, 5) is 37.1. The molecule has 3 heterocycles. The zero-order chi connectivity index (χ0) is 22.8. The first-order chi connectivity index (χ1) is 16.1. The van der Waals surface area contributed by atoms with Crippen LogP contribution in [-0.2, 0) is 11.3 Å². The maximum absolute atomic E-state index is 13.3. The Balaban J connectivity index is 1.30. The predicted octanol–water partition coefficient (Wildman–Crippen LogP) is 2.88. The Bertz CT molecular complexity index is 1220. The monoisotopic (exact) mass is 448 g/mol. The third-order valence-corrected chi connectivity index (χ3v) is 6.37. The molecule has 3 aromatic rings. The van der Waals surface area contributed by atoms with Gasteiger partial charge in [-0.25, -0.2) is 4.98 Å². The van der Waals surface area contributed by atoms with E-state index in [1.165, 1.54) is 0 Å². The minimum atomic E-state index is -0.156. The van der Waals surface area contributed by atoms with Crippen LogP contribution in [0.15, 0.2) is 47.3 Å². The number of rotatable bonds is 6. The van der Waals surface area contributed by atoms with Crippen molar-refractivity contribution in [3.8, 4) is 11.5 Å². The molecule has 5 rings (SSSR count). The molecule has 1 saturated heterocycles. The summed E-state index contributed by atoms with van der Waals surface area (Å²) in [6, 6.07) is 13.3. The molecule has 8 heteroatoms. The summed E-state index contributed by atoms with van der Waals surface area (Å²) < 4.78 is 11.4. The fraction of sp³-hybridized carbons (Fsp3) is 0.400. The van der Waals surface area contributed by atoms with E-state index in [4.69, 9.17) is 9.47 Å². The lowest BCUT2D eigenvalue weighted by atomic mass is 10.0. The number of H-pyrrole nitrogens is 1. The predicted molar refractivity (Wildman–Crippen MR) is 124 cm³/mol. The molecule has 0 spiro atoms. The fourth-order valence-corrected chi connectivity index (χ4v) is 4.66. The van der Waals surface area contributed by atoms with Gasteiger partial charge >= 0.3 is 0 Å². The average Bonchev–Trinajstić information content (AvgIpc) is 3.33. The third-order valence-electron chi connectivity index (χ3n) is 6.37. The Morgan fingerprint density at radius 3 is 2.85 bits per heavy atom. The molecule has 8 nitrogen and oxygen atoms in total. The van der Waals surface area contributed by atoms with Gasteiger partial charge in [-0.05, 0) is 49.2 Å². The maximum atomic E-state index is 13.3. The topological polar surface area (TPSA) is 87.8 Å². The molecule has 0 saturated carbocycles. The van der Waals surface area contributed by atoms with E-state index in [9.17, 15) is 9.59 Å². The van der Waals surface area contributed by atoms with Gasteiger partial charge in [-0.2, -0.15) is 0 Å². The zero-order valence-electron chi connectivity index (χ0n) is 18.8. The second-order valence-electron chi connectivity index (χ2n) is 8.48. The van der Waals surface area contributed by atoms with Gasteiger partial charge in [0.1, 0.15) is 19.0 Å². The van der Waals surface area contributed by atoms with E-state index in [1.54, 1.807) is 6.07 Å². The fourth-order valence-electron chi connectivity index (χ4n) is 4.66. The number of nitrogens with zero attached hydrogens (tertiary/aromatic N) is 3. The molecule has 0 aliphatic carbocycles. The van der Waals surface area contributed by atoms with Crippen molar-refractivity contribution in [2.24, 2.45) is 0 Å². The standard InChI is InChI=1S/C25H28N4O4/c1-2-28(15-23-26-19-7-4-3-6-18(19)25(31)27-23)16-24(30)29-11-5-8-20(29)17-9-10-21-22(14-17)33-13-12-32-21/h3-4,6-7,9-10,14,20H,2,5,8,11-13,15-16H2,1H3,(H,26,27,31)/t20-/m0/s1. The summed E-state index contributed by atoms with van der Waals surface area (Å²) in [5, 5.41) is 0.569. The van der Waals surface area contributed by atoms with Gasteiger partial charge in [-0.15, -0.1) is 0 Å². The Kier molecular flexibility index (Phi) is 6.00. The first-order valence-corrected chi connectivity index (χ1v) is 11.5. The highest BCUT2D eigenvalue weighted by Crippen LogP contribution is 2.38. The number of carbonyl (C=O) groups is 1. The number of aromatic amines is 1. The van der Waals surface area contributed by atoms with E-state index in [2.05, 4.69) is 9.97 Å². The SMILES string of the molecule is CCN(CC(=O)N1CCC[C@H]1c1ccc2c(c1)OCCO2)Cc1nc2ccccc2c(=O)[nH]1. The van der Waals surface area contributed by atoms with Crippen LogP contribution in [0.3, 0.4) is 0 Å². The Labute approximate surface area is 192 Å². The second-order valence-corrected chi connectivity index (χ2v) is 8.48. The van der Waals surface area contributed by atoms with Crippen molar-refractivity contribution < 1.29 is 14.3 Å².